The van der Waals surface area contributed by atoms with Gasteiger partial charge < -0.3 is 14.6 Å². The van der Waals surface area contributed by atoms with E-state index in [1.807, 2.05) is 13.8 Å². The van der Waals surface area contributed by atoms with Crippen molar-refractivity contribution in [2.24, 2.45) is 0 Å². The third-order valence-electron chi connectivity index (χ3n) is 6.05. The fourth-order valence-electron chi connectivity index (χ4n) is 4.40. The Hall–Kier alpha value is -2.38. The lowest BCUT2D eigenvalue weighted by Gasteiger charge is -2.19. The van der Waals surface area contributed by atoms with Gasteiger partial charge in [-0.3, -0.25) is 4.79 Å². The number of thioether (sulfide) groups is 1. The molecule has 0 spiro atoms. The third-order valence-corrected chi connectivity index (χ3v) is 7.01. The summed E-state index contributed by atoms with van der Waals surface area (Å²) in [6.45, 7) is 5.35. The van der Waals surface area contributed by atoms with Crippen molar-refractivity contribution in [2.75, 3.05) is 17.7 Å². The highest BCUT2D eigenvalue weighted by Crippen LogP contribution is 2.37. The number of tetrazole rings is 1. The molecule has 1 N–H and O–H groups in total. The second-order valence-electron chi connectivity index (χ2n) is 7.97. The number of rotatable bonds is 7. The van der Waals surface area contributed by atoms with Crippen molar-refractivity contribution < 1.29 is 9.53 Å². The van der Waals surface area contributed by atoms with Crippen LogP contribution in [0.5, 0.6) is 0 Å². The molecule has 0 bridgehead atoms. The Balaban J connectivity index is 1.44. The maximum atomic E-state index is 12.8. The molecule has 3 heterocycles. The van der Waals surface area contributed by atoms with Crippen molar-refractivity contribution in [1.82, 2.24) is 24.8 Å². The van der Waals surface area contributed by atoms with Gasteiger partial charge in [0.15, 0.2) is 0 Å². The first-order valence-corrected chi connectivity index (χ1v) is 11.5. The number of ether oxygens (including phenoxy) is 1. The zero-order chi connectivity index (χ0) is 21.1. The summed E-state index contributed by atoms with van der Waals surface area (Å²) in [5, 5.41) is 25.1. The Labute approximate surface area is 180 Å². The highest BCUT2D eigenvalue weighted by molar-refractivity contribution is 7.99. The normalized spacial score (nSPS) is 19.3. The van der Waals surface area contributed by atoms with Crippen LogP contribution in [0.2, 0.25) is 0 Å². The number of carbonyl (C=O) groups is 1. The molecule has 1 unspecified atom stereocenters. The molecule has 1 amide bonds. The number of amides is 1. The van der Waals surface area contributed by atoms with Crippen molar-refractivity contribution in [3.63, 3.8) is 0 Å². The molecule has 2 aromatic heterocycles. The lowest BCUT2D eigenvalue weighted by atomic mass is 10.2. The summed E-state index contributed by atoms with van der Waals surface area (Å²) in [7, 11) is 0. The number of nitrogens with one attached hydrogen (secondary N) is 1. The zero-order valence-corrected chi connectivity index (χ0v) is 18.2. The van der Waals surface area contributed by atoms with Gasteiger partial charge in [0.1, 0.15) is 11.9 Å². The minimum atomic E-state index is -0.167. The van der Waals surface area contributed by atoms with E-state index in [1.165, 1.54) is 24.6 Å². The molecule has 1 saturated carbocycles. The molecule has 0 radical (unpaired) electrons. The summed E-state index contributed by atoms with van der Waals surface area (Å²) in [6.07, 6.45) is 6.70. The summed E-state index contributed by atoms with van der Waals surface area (Å²) in [6, 6.07) is 2.62. The molecule has 1 atom stereocenters. The predicted molar refractivity (Wildman–Crippen MR) is 112 cm³/mol. The van der Waals surface area contributed by atoms with E-state index in [9.17, 15) is 10.1 Å². The molecular weight excluding hydrogens is 402 g/mol. The summed E-state index contributed by atoms with van der Waals surface area (Å²) < 4.78 is 9.50. The second kappa shape index (κ2) is 9.18. The average Bonchev–Trinajstić information content (AvgIpc) is 3.52. The Kier molecular flexibility index (Phi) is 6.39. The molecule has 1 saturated heterocycles. The minimum Gasteiger partial charge on any atom is -0.376 e. The van der Waals surface area contributed by atoms with Gasteiger partial charge in [-0.05, 0) is 55.5 Å². The monoisotopic (exact) mass is 429 g/mol. The van der Waals surface area contributed by atoms with Gasteiger partial charge in [0.05, 0.1) is 24.0 Å². The van der Waals surface area contributed by atoms with E-state index in [0.29, 0.717) is 29.1 Å². The fourth-order valence-corrected chi connectivity index (χ4v) is 5.09. The lowest BCUT2D eigenvalue weighted by Crippen LogP contribution is -2.20. The molecule has 160 valence electrons. The Morgan fingerprint density at radius 3 is 2.80 bits per heavy atom. The Morgan fingerprint density at radius 1 is 1.30 bits per heavy atom. The van der Waals surface area contributed by atoms with Crippen LogP contribution in [0.3, 0.4) is 0 Å². The molecule has 30 heavy (non-hydrogen) atoms. The maximum absolute atomic E-state index is 12.8. The molecule has 1 aliphatic heterocycles. The second-order valence-corrected chi connectivity index (χ2v) is 8.91. The van der Waals surface area contributed by atoms with Crippen molar-refractivity contribution in [3.05, 3.63) is 16.8 Å². The topological polar surface area (TPSA) is 111 Å². The van der Waals surface area contributed by atoms with Crippen molar-refractivity contribution >= 4 is 23.5 Å². The summed E-state index contributed by atoms with van der Waals surface area (Å²) >= 11 is 1.29. The molecule has 2 aliphatic rings. The number of anilines is 1. The molecule has 10 heteroatoms. The molecule has 1 aliphatic carbocycles. The molecule has 4 rings (SSSR count). The van der Waals surface area contributed by atoms with Crippen LogP contribution in [0.4, 0.5) is 5.82 Å². The molecule has 2 aromatic rings. The average molecular weight is 430 g/mol. The number of hydrogen-bond acceptors (Lipinski definition) is 7. The van der Waals surface area contributed by atoms with Gasteiger partial charge in [0.25, 0.3) is 0 Å². The largest absolute Gasteiger partial charge is 0.376 e. The number of aromatic nitrogens is 5. The first-order valence-electron chi connectivity index (χ1n) is 10.5. The van der Waals surface area contributed by atoms with E-state index in [2.05, 4.69) is 31.5 Å². The Bertz CT molecular complexity index is 949. The summed E-state index contributed by atoms with van der Waals surface area (Å²) in [4.78, 5) is 12.8. The van der Waals surface area contributed by atoms with Crippen LogP contribution in [-0.4, -0.2) is 49.1 Å². The number of hydrogen-bond donors (Lipinski definition) is 1. The first-order chi connectivity index (χ1) is 14.6. The SMILES string of the molecule is Cc1c(C#N)c(NC(=O)CSc2nnnn2CC2CCCO2)n(C2CCCC2)c1C. The minimum absolute atomic E-state index is 0.125. The van der Waals surface area contributed by atoms with Crippen molar-refractivity contribution in [2.45, 2.75) is 76.2 Å². The van der Waals surface area contributed by atoms with Gasteiger partial charge in [0, 0.05) is 18.3 Å². The van der Waals surface area contributed by atoms with Crippen LogP contribution in [-0.2, 0) is 16.1 Å². The molecule has 2 fully saturated rings. The van der Waals surface area contributed by atoms with Gasteiger partial charge in [-0.2, -0.15) is 5.26 Å². The van der Waals surface area contributed by atoms with E-state index in [1.54, 1.807) is 4.68 Å². The van der Waals surface area contributed by atoms with Gasteiger partial charge >= 0.3 is 0 Å². The lowest BCUT2D eigenvalue weighted by molar-refractivity contribution is -0.113. The molecule has 0 aromatic carbocycles. The molecule has 9 nitrogen and oxygen atoms in total. The van der Waals surface area contributed by atoms with Crippen molar-refractivity contribution in [1.29, 1.82) is 5.26 Å². The molecular formula is C20H27N7O2S. The van der Waals surface area contributed by atoms with Gasteiger partial charge in [-0.25, -0.2) is 4.68 Å². The van der Waals surface area contributed by atoms with Gasteiger partial charge in [-0.15, -0.1) is 5.10 Å². The van der Waals surface area contributed by atoms with E-state index >= 15 is 0 Å². The first kappa shape index (κ1) is 20.9. The van der Waals surface area contributed by atoms with Crippen molar-refractivity contribution in [3.8, 4) is 6.07 Å². The summed E-state index contributed by atoms with van der Waals surface area (Å²) in [5.74, 6) is 0.633. The summed E-state index contributed by atoms with van der Waals surface area (Å²) in [5.41, 5.74) is 2.55. The van der Waals surface area contributed by atoms with Crippen LogP contribution in [0, 0.1) is 25.2 Å². The van der Waals surface area contributed by atoms with Crippen LogP contribution in [0.15, 0.2) is 5.16 Å². The number of carbonyl (C=O) groups excluding carboxylic acids is 1. The van der Waals surface area contributed by atoms with Gasteiger partial charge in [-0.1, -0.05) is 24.6 Å². The quantitative estimate of drug-likeness (QED) is 0.674. The van der Waals surface area contributed by atoms with E-state index < -0.39 is 0 Å². The fraction of sp³-hybridized carbons (Fsp3) is 0.650. The van der Waals surface area contributed by atoms with Crippen LogP contribution in [0.25, 0.3) is 0 Å². The standard InChI is InChI=1S/C20H27N7O2S/c1-13-14(2)27(15-6-3-4-7-15)19(17(13)10-21)22-18(28)12-30-20-23-24-25-26(20)11-16-8-5-9-29-16/h15-16H,3-9,11-12H2,1-2H3,(H,22,28). The highest BCUT2D eigenvalue weighted by atomic mass is 32.2. The Morgan fingerprint density at radius 2 is 2.10 bits per heavy atom. The number of nitrogens with zero attached hydrogens (tertiary/aromatic N) is 6. The predicted octanol–water partition coefficient (Wildman–Crippen LogP) is 2.99. The van der Waals surface area contributed by atoms with Gasteiger partial charge in [0.2, 0.25) is 11.1 Å². The van der Waals surface area contributed by atoms with E-state index in [0.717, 1.165) is 43.5 Å². The maximum Gasteiger partial charge on any atom is 0.235 e. The van der Waals surface area contributed by atoms with E-state index in [-0.39, 0.29) is 17.8 Å². The highest BCUT2D eigenvalue weighted by Gasteiger charge is 2.27. The smallest absolute Gasteiger partial charge is 0.235 e. The van der Waals surface area contributed by atoms with Crippen LogP contribution < -0.4 is 5.32 Å². The van der Waals surface area contributed by atoms with Crippen LogP contribution in [0.1, 0.15) is 61.4 Å². The van der Waals surface area contributed by atoms with E-state index in [4.69, 9.17) is 4.74 Å². The van der Waals surface area contributed by atoms with Crippen LogP contribution >= 0.6 is 11.8 Å². The zero-order valence-electron chi connectivity index (χ0n) is 17.4. The third kappa shape index (κ3) is 4.23. The number of nitriles is 1.